The van der Waals surface area contributed by atoms with E-state index in [1.54, 1.807) is 43.2 Å². The topological polar surface area (TPSA) is 90.1 Å². The lowest BCUT2D eigenvalue weighted by Gasteiger charge is -2.33. The molecule has 9 heteroatoms. The third-order valence-electron chi connectivity index (χ3n) is 6.59. The Bertz CT molecular complexity index is 1400. The molecule has 1 N–H and O–H groups in total. The number of ether oxygens (including phenoxy) is 2. The van der Waals surface area contributed by atoms with Crippen molar-refractivity contribution >= 4 is 34.0 Å². The van der Waals surface area contributed by atoms with E-state index in [9.17, 15) is 9.59 Å². The van der Waals surface area contributed by atoms with Crippen molar-refractivity contribution in [3.8, 4) is 0 Å². The molecule has 1 fully saturated rings. The Kier molecular flexibility index (Phi) is 6.52. The van der Waals surface area contributed by atoms with E-state index in [1.807, 2.05) is 30.3 Å². The monoisotopic (exact) mass is 475 g/mol. The summed E-state index contributed by atoms with van der Waals surface area (Å²) >= 11 is 0. The van der Waals surface area contributed by atoms with Gasteiger partial charge in [-0.05, 0) is 55.3 Å². The maximum absolute atomic E-state index is 13.3. The Hall–Kier alpha value is -3.69. The van der Waals surface area contributed by atoms with Crippen LogP contribution in [0.25, 0.3) is 16.7 Å². The second-order valence-corrected chi connectivity index (χ2v) is 8.68. The summed E-state index contributed by atoms with van der Waals surface area (Å²) in [4.78, 5) is 33.3. The molecule has 0 bridgehead atoms. The zero-order valence-electron chi connectivity index (χ0n) is 19.9. The molecule has 4 heterocycles. The second kappa shape index (κ2) is 9.89. The van der Waals surface area contributed by atoms with E-state index in [4.69, 9.17) is 9.47 Å². The van der Waals surface area contributed by atoms with E-state index < -0.39 is 0 Å². The fraction of sp³-hybridized carbons (Fsp3) is 0.346. The summed E-state index contributed by atoms with van der Waals surface area (Å²) < 4.78 is 13.9. The summed E-state index contributed by atoms with van der Waals surface area (Å²) in [6.07, 6.45) is 4.01. The first-order valence-corrected chi connectivity index (χ1v) is 11.8. The maximum atomic E-state index is 13.3. The van der Waals surface area contributed by atoms with E-state index in [-0.39, 0.29) is 11.5 Å². The van der Waals surface area contributed by atoms with Gasteiger partial charge in [0.2, 0.25) is 0 Å². The minimum atomic E-state index is -0.304. The number of nitrogens with zero attached hydrogens (tertiary/aromatic N) is 4. The van der Waals surface area contributed by atoms with Crippen LogP contribution in [0.3, 0.4) is 0 Å². The Morgan fingerprint density at radius 3 is 2.60 bits per heavy atom. The quantitative estimate of drug-likeness (QED) is 0.442. The Morgan fingerprint density at radius 2 is 1.89 bits per heavy atom. The van der Waals surface area contributed by atoms with Crippen LogP contribution in [0.2, 0.25) is 0 Å². The van der Waals surface area contributed by atoms with E-state index in [2.05, 4.69) is 15.2 Å². The highest BCUT2D eigenvalue weighted by Crippen LogP contribution is 2.24. The summed E-state index contributed by atoms with van der Waals surface area (Å²) in [6.45, 7) is 2.67. The Balaban J connectivity index is 1.41. The van der Waals surface area contributed by atoms with Crippen LogP contribution < -0.4 is 15.8 Å². The number of benzene rings is 1. The van der Waals surface area contributed by atoms with Gasteiger partial charge in [0, 0.05) is 51.4 Å². The standard InChI is InChI=1S/C26H29N5O4/c1-34-16-15-30-22(17-21-24(30)28-23-5-3-4-12-31(23)26(21)33)25(32)27-18-6-8-19(9-7-18)29-13-10-20(35-2)11-14-29/h3-9,12,17,20H,10-11,13-16H2,1-2H3,(H,27,32). The lowest BCUT2D eigenvalue weighted by molar-refractivity contribution is 0.0819. The van der Waals surface area contributed by atoms with E-state index in [0.717, 1.165) is 31.6 Å². The van der Waals surface area contributed by atoms with Gasteiger partial charge in [-0.15, -0.1) is 0 Å². The van der Waals surface area contributed by atoms with Gasteiger partial charge in [0.15, 0.2) is 0 Å². The van der Waals surface area contributed by atoms with Crippen LogP contribution in [0, 0.1) is 0 Å². The molecule has 0 saturated carbocycles. The van der Waals surface area contributed by atoms with Gasteiger partial charge in [0.1, 0.15) is 17.0 Å². The number of hydrogen-bond donors (Lipinski definition) is 1. The number of carbonyl (C=O) groups excluding carboxylic acids is 1. The van der Waals surface area contributed by atoms with Crippen molar-refractivity contribution in [2.24, 2.45) is 0 Å². The van der Waals surface area contributed by atoms with Crippen LogP contribution in [0.4, 0.5) is 11.4 Å². The Morgan fingerprint density at radius 1 is 1.11 bits per heavy atom. The molecule has 4 aromatic rings. The van der Waals surface area contributed by atoms with Gasteiger partial charge < -0.3 is 24.3 Å². The number of methoxy groups -OCH3 is 2. The van der Waals surface area contributed by atoms with Crippen molar-refractivity contribution in [3.05, 3.63) is 70.8 Å². The van der Waals surface area contributed by atoms with Gasteiger partial charge >= 0.3 is 0 Å². The molecule has 1 saturated heterocycles. The largest absolute Gasteiger partial charge is 0.383 e. The number of amides is 1. The fourth-order valence-electron chi connectivity index (χ4n) is 4.65. The molecule has 1 aliphatic rings. The zero-order valence-corrected chi connectivity index (χ0v) is 19.9. The lowest BCUT2D eigenvalue weighted by Crippen LogP contribution is -2.36. The van der Waals surface area contributed by atoms with Crippen LogP contribution >= 0.6 is 0 Å². The average molecular weight is 476 g/mol. The predicted octanol–water partition coefficient (Wildman–Crippen LogP) is 3.16. The van der Waals surface area contributed by atoms with Crippen molar-refractivity contribution in [1.29, 1.82) is 0 Å². The number of carbonyl (C=O) groups is 1. The van der Waals surface area contributed by atoms with Gasteiger partial charge in [0.05, 0.1) is 18.1 Å². The molecule has 0 radical (unpaired) electrons. The number of pyridine rings is 1. The smallest absolute Gasteiger partial charge is 0.272 e. The minimum Gasteiger partial charge on any atom is -0.383 e. The van der Waals surface area contributed by atoms with E-state index in [1.165, 1.54) is 4.40 Å². The van der Waals surface area contributed by atoms with Crippen LogP contribution in [0.5, 0.6) is 0 Å². The SMILES string of the molecule is COCCn1c(C(=O)Nc2ccc(N3CCC(OC)CC3)cc2)cc2c(=O)n3ccccc3nc21. The van der Waals surface area contributed by atoms with Crippen LogP contribution in [-0.4, -0.2) is 59.9 Å². The van der Waals surface area contributed by atoms with Crippen molar-refractivity contribution in [2.75, 3.05) is 44.1 Å². The molecule has 35 heavy (non-hydrogen) atoms. The number of hydrogen-bond acceptors (Lipinski definition) is 6. The van der Waals surface area contributed by atoms with Crippen molar-refractivity contribution in [1.82, 2.24) is 14.0 Å². The van der Waals surface area contributed by atoms with E-state index >= 15 is 0 Å². The molecule has 1 aliphatic heterocycles. The Labute approximate surface area is 202 Å². The van der Waals surface area contributed by atoms with Gasteiger partial charge in [-0.3, -0.25) is 14.0 Å². The second-order valence-electron chi connectivity index (χ2n) is 8.68. The van der Waals surface area contributed by atoms with Gasteiger partial charge in [-0.1, -0.05) is 6.07 Å². The third-order valence-corrected chi connectivity index (χ3v) is 6.59. The molecule has 5 rings (SSSR count). The first-order valence-electron chi connectivity index (χ1n) is 11.8. The zero-order chi connectivity index (χ0) is 24.4. The molecule has 1 amide bonds. The molecule has 182 valence electrons. The summed E-state index contributed by atoms with van der Waals surface area (Å²) in [7, 11) is 3.37. The molecule has 9 nitrogen and oxygen atoms in total. The lowest BCUT2D eigenvalue weighted by atomic mass is 10.1. The van der Waals surface area contributed by atoms with Crippen molar-refractivity contribution in [2.45, 2.75) is 25.5 Å². The van der Waals surface area contributed by atoms with Crippen LogP contribution in [-0.2, 0) is 16.0 Å². The molecule has 0 atom stereocenters. The maximum Gasteiger partial charge on any atom is 0.272 e. The molecule has 0 aliphatic carbocycles. The van der Waals surface area contributed by atoms with Crippen LogP contribution in [0.1, 0.15) is 23.3 Å². The normalized spacial score (nSPS) is 14.6. The summed E-state index contributed by atoms with van der Waals surface area (Å²) in [5.74, 6) is -0.304. The summed E-state index contributed by atoms with van der Waals surface area (Å²) in [5, 5.41) is 3.36. The molecule has 1 aromatic carbocycles. The first kappa shape index (κ1) is 23.1. The number of aromatic nitrogens is 3. The van der Waals surface area contributed by atoms with Gasteiger partial charge in [-0.2, -0.15) is 0 Å². The number of fused-ring (bicyclic) bond motifs is 2. The molecule has 0 spiro atoms. The van der Waals surface area contributed by atoms with Crippen LogP contribution in [0.15, 0.2) is 59.5 Å². The molecule has 3 aromatic heterocycles. The minimum absolute atomic E-state index is 0.211. The molecular weight excluding hydrogens is 446 g/mol. The third kappa shape index (κ3) is 4.52. The molecule has 0 unspecified atom stereocenters. The summed E-state index contributed by atoms with van der Waals surface area (Å²) in [6, 6.07) is 14.8. The number of piperidine rings is 1. The van der Waals surface area contributed by atoms with Gasteiger partial charge in [-0.25, -0.2) is 4.98 Å². The first-order chi connectivity index (χ1) is 17.1. The average Bonchev–Trinajstić information content (AvgIpc) is 3.27. The number of nitrogens with one attached hydrogen (secondary N) is 1. The van der Waals surface area contributed by atoms with Crippen molar-refractivity contribution in [3.63, 3.8) is 0 Å². The predicted molar refractivity (Wildman–Crippen MR) is 135 cm³/mol. The van der Waals surface area contributed by atoms with Gasteiger partial charge in [0.25, 0.3) is 11.5 Å². The number of rotatable bonds is 7. The highest BCUT2D eigenvalue weighted by Gasteiger charge is 2.21. The molecular formula is C26H29N5O4. The van der Waals surface area contributed by atoms with E-state index in [0.29, 0.717) is 47.3 Å². The highest BCUT2D eigenvalue weighted by molar-refractivity contribution is 6.06. The fourth-order valence-corrected chi connectivity index (χ4v) is 4.65. The summed E-state index contributed by atoms with van der Waals surface area (Å²) in [5.41, 5.74) is 2.96. The highest BCUT2D eigenvalue weighted by atomic mass is 16.5. The number of anilines is 2. The van der Waals surface area contributed by atoms with Crippen molar-refractivity contribution < 1.29 is 14.3 Å².